The minimum atomic E-state index is -0.826. The van der Waals surface area contributed by atoms with Gasteiger partial charge in [-0.2, -0.15) is 0 Å². The van der Waals surface area contributed by atoms with Crippen molar-refractivity contribution in [3.63, 3.8) is 0 Å². The van der Waals surface area contributed by atoms with Crippen molar-refractivity contribution in [1.82, 2.24) is 0 Å². The molecule has 0 aliphatic carbocycles. The Labute approximate surface area is 416 Å². The number of ether oxygens (including phenoxy) is 2. The molecule has 0 heterocycles. The zero-order chi connectivity index (χ0) is 49.2. The van der Waals surface area contributed by atoms with E-state index in [4.69, 9.17) is 9.47 Å². The number of esters is 2. The monoisotopic (exact) mass is 931 g/mol. The van der Waals surface area contributed by atoms with E-state index in [9.17, 15) is 14.7 Å². The number of hydrogen-bond donors (Lipinski definition) is 1. The minimum absolute atomic E-state index is 0.112. The summed E-state index contributed by atoms with van der Waals surface area (Å²) in [6.07, 6.45) is 89.8. The van der Waals surface area contributed by atoms with Crippen LogP contribution in [0.2, 0.25) is 0 Å². The number of carbonyl (C=O) groups excluding carboxylic acids is 2. The third-order valence-corrected chi connectivity index (χ3v) is 10.2. The lowest BCUT2D eigenvalue weighted by molar-refractivity contribution is -0.161. The molecule has 68 heavy (non-hydrogen) atoms. The van der Waals surface area contributed by atoms with Gasteiger partial charge in [-0.1, -0.05) is 222 Å². The smallest absolute Gasteiger partial charge is 0.306 e. The SMILES string of the molecule is CC/C=C\C/C=C\C/C=C\C/C=C\C/C=C\C/C=C\C/C=C\C/C=C\C/C=C\CCCC(=O)OC(CO)COC(=O)CCCCCCCC/C=C\C/C=C\C/C=C\C/C=C\C/C=C\C/C=C\CC. The molecule has 0 aliphatic rings. The second-order valence-corrected chi connectivity index (χ2v) is 16.5. The maximum Gasteiger partial charge on any atom is 0.306 e. The molecule has 5 heteroatoms. The topological polar surface area (TPSA) is 72.8 Å². The van der Waals surface area contributed by atoms with Crippen molar-refractivity contribution in [1.29, 1.82) is 0 Å². The van der Waals surface area contributed by atoms with E-state index in [1.54, 1.807) is 0 Å². The van der Waals surface area contributed by atoms with Crippen molar-refractivity contribution in [2.75, 3.05) is 13.2 Å². The maximum absolute atomic E-state index is 12.3. The molecule has 0 aliphatic heterocycles. The minimum Gasteiger partial charge on any atom is -0.462 e. The molecule has 1 atom stereocenters. The van der Waals surface area contributed by atoms with E-state index in [-0.39, 0.29) is 31.6 Å². The molecule has 0 spiro atoms. The zero-order valence-electron chi connectivity index (χ0n) is 42.8. The maximum atomic E-state index is 12.3. The van der Waals surface area contributed by atoms with Gasteiger partial charge >= 0.3 is 11.9 Å². The predicted molar refractivity (Wildman–Crippen MR) is 296 cm³/mol. The van der Waals surface area contributed by atoms with Gasteiger partial charge in [-0.05, 0) is 128 Å². The predicted octanol–water partition coefficient (Wildman–Crippen LogP) is 18.0. The Morgan fingerprint density at radius 3 is 0.926 bits per heavy atom. The van der Waals surface area contributed by atoms with Gasteiger partial charge in [0.15, 0.2) is 6.10 Å². The molecular formula is C63H94O5. The molecule has 1 unspecified atom stereocenters. The first-order valence-corrected chi connectivity index (χ1v) is 26.3. The summed E-state index contributed by atoms with van der Waals surface area (Å²) in [5.41, 5.74) is 0. The van der Waals surface area contributed by atoms with E-state index >= 15 is 0 Å². The van der Waals surface area contributed by atoms with Crippen LogP contribution in [0.3, 0.4) is 0 Å². The van der Waals surface area contributed by atoms with E-state index in [1.165, 1.54) is 12.8 Å². The van der Waals surface area contributed by atoms with Crippen molar-refractivity contribution in [3.8, 4) is 0 Å². The summed E-state index contributed by atoms with van der Waals surface area (Å²) in [5, 5.41) is 9.63. The first kappa shape index (κ1) is 63.0. The summed E-state index contributed by atoms with van der Waals surface area (Å²) in [4.78, 5) is 24.5. The molecular weight excluding hydrogens is 837 g/mol. The molecule has 5 nitrogen and oxygen atoms in total. The molecule has 0 aromatic heterocycles. The van der Waals surface area contributed by atoms with Gasteiger partial charge in [0, 0.05) is 12.8 Å². The summed E-state index contributed by atoms with van der Waals surface area (Å²) < 4.78 is 10.6. The van der Waals surface area contributed by atoms with Crippen LogP contribution in [0.4, 0.5) is 0 Å². The molecule has 0 aromatic carbocycles. The van der Waals surface area contributed by atoms with Crippen LogP contribution in [0.25, 0.3) is 0 Å². The van der Waals surface area contributed by atoms with Gasteiger partial charge in [0.05, 0.1) is 6.61 Å². The molecule has 0 aromatic rings. The van der Waals surface area contributed by atoms with Gasteiger partial charge in [0.25, 0.3) is 0 Å². The summed E-state index contributed by atoms with van der Waals surface area (Å²) >= 11 is 0. The number of rotatable bonds is 45. The quantitative estimate of drug-likeness (QED) is 0.0374. The third kappa shape index (κ3) is 53.6. The number of aliphatic hydroxyl groups is 1. The number of allylic oxidation sites excluding steroid dienone is 30. The third-order valence-electron chi connectivity index (χ3n) is 10.2. The van der Waals surface area contributed by atoms with Gasteiger partial charge in [-0.15, -0.1) is 0 Å². The van der Waals surface area contributed by atoms with Gasteiger partial charge in [-0.3, -0.25) is 9.59 Å². The normalized spacial score (nSPS) is 13.8. The average molecular weight is 931 g/mol. The van der Waals surface area contributed by atoms with Crippen LogP contribution >= 0.6 is 0 Å². The zero-order valence-corrected chi connectivity index (χ0v) is 42.8. The Kier molecular flexibility index (Phi) is 52.2. The second kappa shape index (κ2) is 56.3. The number of unbranched alkanes of at least 4 members (excludes halogenated alkanes) is 7. The fourth-order valence-corrected chi connectivity index (χ4v) is 6.32. The molecule has 0 amide bonds. The van der Waals surface area contributed by atoms with Gasteiger partial charge in [0.2, 0.25) is 0 Å². The molecule has 0 saturated carbocycles. The highest BCUT2D eigenvalue weighted by molar-refractivity contribution is 5.70. The summed E-state index contributed by atoms with van der Waals surface area (Å²) in [7, 11) is 0. The molecule has 0 saturated heterocycles. The Morgan fingerprint density at radius 2 is 0.603 bits per heavy atom. The van der Waals surface area contributed by atoms with Crippen LogP contribution in [0.15, 0.2) is 182 Å². The van der Waals surface area contributed by atoms with Crippen LogP contribution in [-0.4, -0.2) is 36.4 Å². The summed E-state index contributed by atoms with van der Waals surface area (Å²) in [6.45, 7) is 3.83. The lowest BCUT2D eigenvalue weighted by Crippen LogP contribution is -2.28. The molecule has 1 N–H and O–H groups in total. The lowest BCUT2D eigenvalue weighted by atomic mass is 10.1. The van der Waals surface area contributed by atoms with Gasteiger partial charge < -0.3 is 14.6 Å². The fraction of sp³-hybridized carbons (Fsp3) is 0.492. The number of hydrogen-bond acceptors (Lipinski definition) is 5. The highest BCUT2D eigenvalue weighted by atomic mass is 16.6. The highest BCUT2D eigenvalue weighted by Crippen LogP contribution is 2.11. The highest BCUT2D eigenvalue weighted by Gasteiger charge is 2.16. The lowest BCUT2D eigenvalue weighted by Gasteiger charge is -2.15. The standard InChI is InChI=1S/C63H94O5/c1-3-5-7-9-11-13-15-17-19-21-23-25-27-29-30-31-32-34-36-38-40-42-44-46-48-50-52-54-56-58-63(66)68-61(59-64)60-67-62(65)57-55-53-51-49-47-45-43-41-39-37-35-33-28-26-24-22-20-18-16-14-12-10-8-6-4-2/h5-8,11-14,17-20,23-26,29-30,32-35,38-41,44,46,50,52,61,64H,3-4,9-10,15-16,21-22,27-28,31,36-37,42-43,45,47-49,51,53-60H2,1-2H3/b7-5-,8-6-,13-11-,14-12-,19-17-,20-18-,25-23-,26-24-,30-29-,34-32-,35-33-,40-38-,41-39-,46-44-,52-50-. The Hall–Kier alpha value is -5.00. The molecule has 0 rings (SSSR count). The van der Waals surface area contributed by atoms with E-state index in [0.717, 1.165) is 135 Å². The molecule has 0 bridgehead atoms. The Morgan fingerprint density at radius 1 is 0.338 bits per heavy atom. The average Bonchev–Trinajstić information content (AvgIpc) is 3.34. The van der Waals surface area contributed by atoms with Crippen molar-refractivity contribution in [3.05, 3.63) is 182 Å². The summed E-state index contributed by atoms with van der Waals surface area (Å²) in [6, 6.07) is 0. The van der Waals surface area contributed by atoms with Crippen molar-refractivity contribution in [2.24, 2.45) is 0 Å². The van der Waals surface area contributed by atoms with Gasteiger partial charge in [0.1, 0.15) is 6.61 Å². The van der Waals surface area contributed by atoms with E-state index in [1.807, 2.05) is 0 Å². The van der Waals surface area contributed by atoms with Crippen LogP contribution < -0.4 is 0 Å². The largest absolute Gasteiger partial charge is 0.462 e. The van der Waals surface area contributed by atoms with Crippen LogP contribution in [0.1, 0.15) is 181 Å². The fourth-order valence-electron chi connectivity index (χ4n) is 6.32. The van der Waals surface area contributed by atoms with E-state index in [2.05, 4.69) is 196 Å². The first-order valence-electron chi connectivity index (χ1n) is 26.3. The number of carbonyl (C=O) groups is 2. The Bertz CT molecular complexity index is 1620. The van der Waals surface area contributed by atoms with E-state index in [0.29, 0.717) is 12.8 Å². The van der Waals surface area contributed by atoms with Crippen molar-refractivity contribution in [2.45, 2.75) is 187 Å². The van der Waals surface area contributed by atoms with Gasteiger partial charge in [-0.25, -0.2) is 0 Å². The number of aliphatic hydroxyl groups excluding tert-OH is 1. The molecule has 0 fully saturated rings. The summed E-state index contributed by atoms with van der Waals surface area (Å²) in [5.74, 6) is -0.696. The van der Waals surface area contributed by atoms with Crippen LogP contribution in [0, 0.1) is 0 Å². The first-order chi connectivity index (χ1) is 33.6. The molecule has 376 valence electrons. The second-order valence-electron chi connectivity index (χ2n) is 16.5. The van der Waals surface area contributed by atoms with Crippen molar-refractivity contribution < 1.29 is 24.2 Å². The van der Waals surface area contributed by atoms with E-state index < -0.39 is 6.10 Å². The van der Waals surface area contributed by atoms with Crippen LogP contribution in [-0.2, 0) is 19.1 Å². The molecule has 0 radical (unpaired) electrons. The van der Waals surface area contributed by atoms with Crippen molar-refractivity contribution >= 4 is 11.9 Å². The Balaban J connectivity index is 3.75. The van der Waals surface area contributed by atoms with Crippen LogP contribution in [0.5, 0.6) is 0 Å².